The lowest BCUT2D eigenvalue weighted by atomic mass is 9.93. The van der Waals surface area contributed by atoms with E-state index >= 15 is 0 Å². The first kappa shape index (κ1) is 17.8. The quantitative estimate of drug-likeness (QED) is 0.560. The third-order valence-corrected chi connectivity index (χ3v) is 4.06. The van der Waals surface area contributed by atoms with Gasteiger partial charge in [0.05, 0.1) is 13.2 Å². The van der Waals surface area contributed by atoms with Gasteiger partial charge in [-0.2, -0.15) is 0 Å². The predicted molar refractivity (Wildman–Crippen MR) is 79.3 cm³/mol. The zero-order valence-corrected chi connectivity index (χ0v) is 13.2. The number of hydrogen-bond donors (Lipinski definition) is 1. The lowest BCUT2D eigenvalue weighted by molar-refractivity contribution is -0.158. The number of carbonyl (C=O) groups excluding carboxylic acids is 1. The van der Waals surface area contributed by atoms with Gasteiger partial charge in [0.25, 0.3) is 0 Å². The maximum absolute atomic E-state index is 12.2. The highest BCUT2D eigenvalue weighted by Crippen LogP contribution is 2.36. The van der Waals surface area contributed by atoms with Crippen LogP contribution in [0.1, 0.15) is 19.4 Å². The summed E-state index contributed by atoms with van der Waals surface area (Å²) in [5.74, 6) is -1.36. The average Bonchev–Trinajstić information content (AvgIpc) is 2.52. The highest BCUT2D eigenvalue weighted by Gasteiger charge is 2.46. The molecule has 2 unspecified atom stereocenters. The van der Waals surface area contributed by atoms with E-state index in [1.165, 1.54) is 0 Å². The fourth-order valence-electron chi connectivity index (χ4n) is 2.14. The predicted octanol–water partition coefficient (Wildman–Crippen LogP) is 2.43. The van der Waals surface area contributed by atoms with Crippen molar-refractivity contribution in [2.75, 3.05) is 19.8 Å². The van der Waals surface area contributed by atoms with Gasteiger partial charge in [0.1, 0.15) is 5.92 Å². The van der Waals surface area contributed by atoms with Gasteiger partial charge in [0.2, 0.25) is 0 Å². The van der Waals surface area contributed by atoms with Crippen LogP contribution in [0.4, 0.5) is 0 Å². The third-order valence-electron chi connectivity index (χ3n) is 3.17. The molecule has 0 saturated carbocycles. The Labute approximate surface area is 126 Å². The van der Waals surface area contributed by atoms with E-state index < -0.39 is 32.3 Å². The Hall–Kier alpha value is -1.29. The highest BCUT2D eigenvalue weighted by atomic mass is 31.1. The van der Waals surface area contributed by atoms with E-state index in [-0.39, 0.29) is 19.6 Å². The number of carbonyl (C=O) groups is 1. The largest absolute Gasteiger partial charge is 0.466 e. The van der Waals surface area contributed by atoms with Crippen LogP contribution in [0.5, 0.6) is 0 Å². The molecule has 5 nitrogen and oxygen atoms in total. The van der Waals surface area contributed by atoms with Crippen molar-refractivity contribution < 1.29 is 23.9 Å². The van der Waals surface area contributed by atoms with Crippen molar-refractivity contribution in [2.45, 2.75) is 25.6 Å². The standard InChI is InChI=1S/C15H21O5P/c1-3-19-14(17)13(10-12-8-6-5-7-9-12)15(11-16,21-18)20-4-2/h5-9,13,16H,3-4,10-11H2,1-2H3. The van der Waals surface area contributed by atoms with Crippen LogP contribution in [0.25, 0.3) is 0 Å². The molecule has 6 heteroatoms. The molecule has 0 aliphatic carbocycles. The summed E-state index contributed by atoms with van der Waals surface area (Å²) in [4.78, 5) is 12.2. The molecule has 0 aromatic heterocycles. The molecule has 1 aromatic carbocycles. The maximum atomic E-state index is 12.2. The summed E-state index contributed by atoms with van der Waals surface area (Å²) in [6, 6.07) is 9.31. The van der Waals surface area contributed by atoms with Crippen LogP contribution < -0.4 is 0 Å². The molecule has 0 aliphatic rings. The Balaban J connectivity index is 3.10. The minimum absolute atomic E-state index is 0.216. The van der Waals surface area contributed by atoms with E-state index in [1.54, 1.807) is 13.8 Å². The van der Waals surface area contributed by atoms with E-state index in [0.29, 0.717) is 0 Å². The number of hydrogen-bond acceptors (Lipinski definition) is 5. The Kier molecular flexibility index (Phi) is 7.51. The third kappa shape index (κ3) is 4.60. The number of esters is 1. The molecule has 1 rings (SSSR count). The van der Waals surface area contributed by atoms with E-state index in [4.69, 9.17) is 9.47 Å². The molecule has 21 heavy (non-hydrogen) atoms. The van der Waals surface area contributed by atoms with E-state index in [1.807, 2.05) is 30.3 Å². The van der Waals surface area contributed by atoms with Gasteiger partial charge >= 0.3 is 5.97 Å². The lowest BCUT2D eigenvalue weighted by Crippen LogP contribution is -2.45. The van der Waals surface area contributed by atoms with Gasteiger partial charge in [-0.1, -0.05) is 30.3 Å². The lowest BCUT2D eigenvalue weighted by Gasteiger charge is -2.31. The van der Waals surface area contributed by atoms with E-state index in [2.05, 4.69) is 0 Å². The second kappa shape index (κ2) is 8.88. The first-order valence-electron chi connectivity index (χ1n) is 6.93. The number of aliphatic hydroxyl groups is 1. The number of aliphatic hydroxyl groups excluding tert-OH is 1. The zero-order valence-electron chi connectivity index (χ0n) is 12.3. The van der Waals surface area contributed by atoms with Crippen LogP contribution in [0.3, 0.4) is 0 Å². The van der Waals surface area contributed by atoms with Gasteiger partial charge in [-0.15, -0.1) is 0 Å². The van der Waals surface area contributed by atoms with Crippen molar-refractivity contribution in [3.8, 4) is 0 Å². The minimum atomic E-state index is -1.48. The van der Waals surface area contributed by atoms with Crippen molar-refractivity contribution in [1.29, 1.82) is 0 Å². The Morgan fingerprint density at radius 1 is 1.29 bits per heavy atom. The van der Waals surface area contributed by atoms with Crippen LogP contribution in [0.2, 0.25) is 0 Å². The summed E-state index contributed by atoms with van der Waals surface area (Å²) in [5.41, 5.74) is 0.886. The fraction of sp³-hybridized carbons (Fsp3) is 0.533. The summed E-state index contributed by atoms with van der Waals surface area (Å²) in [7, 11) is -0.434. The van der Waals surface area contributed by atoms with E-state index in [9.17, 15) is 14.5 Å². The van der Waals surface area contributed by atoms with Gasteiger partial charge in [-0.25, -0.2) is 0 Å². The molecule has 0 amide bonds. The molecule has 1 aromatic rings. The van der Waals surface area contributed by atoms with Crippen LogP contribution in [-0.4, -0.2) is 36.2 Å². The highest BCUT2D eigenvalue weighted by molar-refractivity contribution is 7.25. The number of rotatable bonds is 9. The van der Waals surface area contributed by atoms with Gasteiger partial charge in [-0.05, 0) is 25.8 Å². The first-order chi connectivity index (χ1) is 10.1. The van der Waals surface area contributed by atoms with Crippen LogP contribution >= 0.6 is 8.46 Å². The number of ether oxygens (including phenoxy) is 2. The minimum Gasteiger partial charge on any atom is -0.466 e. The molecule has 0 spiro atoms. The maximum Gasteiger partial charge on any atom is 0.313 e. The second-order valence-corrected chi connectivity index (χ2v) is 5.46. The summed E-state index contributed by atoms with van der Waals surface area (Å²) < 4.78 is 22.1. The van der Waals surface area contributed by atoms with Gasteiger partial charge in [0, 0.05) is 6.61 Å². The first-order valence-corrected chi connectivity index (χ1v) is 7.74. The molecule has 0 fully saturated rings. The Morgan fingerprint density at radius 2 is 1.95 bits per heavy atom. The van der Waals surface area contributed by atoms with E-state index in [0.717, 1.165) is 5.56 Å². The molecule has 0 aliphatic heterocycles. The van der Waals surface area contributed by atoms with Crippen LogP contribution in [0, 0.1) is 5.92 Å². The Morgan fingerprint density at radius 3 is 2.43 bits per heavy atom. The molecule has 0 saturated heterocycles. The summed E-state index contributed by atoms with van der Waals surface area (Å²) >= 11 is 0. The van der Waals surface area contributed by atoms with Crippen LogP contribution in [-0.2, 0) is 25.3 Å². The molecule has 0 heterocycles. The summed E-state index contributed by atoms with van der Waals surface area (Å²) in [6.07, 6.45) is 0.287. The average molecular weight is 312 g/mol. The molecule has 2 atom stereocenters. The molecule has 0 bridgehead atoms. The molecular formula is C15H21O5P. The normalized spacial score (nSPS) is 15.4. The second-order valence-electron chi connectivity index (χ2n) is 4.52. The molecule has 116 valence electrons. The van der Waals surface area contributed by atoms with Gasteiger partial charge < -0.3 is 14.6 Å². The van der Waals surface area contributed by atoms with Crippen molar-refractivity contribution >= 4 is 14.4 Å². The van der Waals surface area contributed by atoms with Gasteiger partial charge in [-0.3, -0.25) is 9.36 Å². The zero-order chi connectivity index (χ0) is 15.7. The molecule has 0 radical (unpaired) electrons. The number of benzene rings is 1. The van der Waals surface area contributed by atoms with Crippen molar-refractivity contribution in [2.24, 2.45) is 5.92 Å². The molecule has 1 N–H and O–H groups in total. The Bertz CT molecular complexity index is 451. The van der Waals surface area contributed by atoms with Gasteiger partial charge in [0.15, 0.2) is 13.8 Å². The fourth-order valence-corrected chi connectivity index (χ4v) is 2.71. The monoisotopic (exact) mass is 312 g/mol. The van der Waals surface area contributed by atoms with Crippen LogP contribution in [0.15, 0.2) is 30.3 Å². The smallest absolute Gasteiger partial charge is 0.313 e. The summed E-state index contributed by atoms with van der Waals surface area (Å²) in [5, 5.41) is 8.16. The van der Waals surface area contributed by atoms with Crippen molar-refractivity contribution in [3.05, 3.63) is 35.9 Å². The van der Waals surface area contributed by atoms with Crippen molar-refractivity contribution in [1.82, 2.24) is 0 Å². The summed E-state index contributed by atoms with van der Waals surface area (Å²) in [6.45, 7) is 3.35. The van der Waals surface area contributed by atoms with Crippen molar-refractivity contribution in [3.63, 3.8) is 0 Å². The molecular weight excluding hydrogens is 291 g/mol. The topological polar surface area (TPSA) is 72.8 Å². The SMILES string of the molecule is CCOC(=O)C(Cc1ccccc1)C(CO)(OCC)P=O.